The van der Waals surface area contributed by atoms with Gasteiger partial charge in [0.25, 0.3) is 5.91 Å². The maximum absolute atomic E-state index is 12.7. The fraction of sp³-hybridized carbons (Fsp3) is 0.318. The topological polar surface area (TPSA) is 95.5 Å². The molecule has 0 bridgehead atoms. The van der Waals surface area contributed by atoms with E-state index in [1.54, 1.807) is 24.3 Å². The highest BCUT2D eigenvalue weighted by Gasteiger charge is 2.45. The van der Waals surface area contributed by atoms with Crippen LogP contribution in [-0.4, -0.2) is 28.9 Å². The van der Waals surface area contributed by atoms with Gasteiger partial charge in [0.05, 0.1) is 16.7 Å². The monoisotopic (exact) mass is 380 g/mol. The molecule has 0 saturated carbocycles. The Hall–Kier alpha value is -3.15. The first-order valence-corrected chi connectivity index (χ1v) is 9.31. The van der Waals surface area contributed by atoms with Crippen LogP contribution in [0.15, 0.2) is 48.5 Å². The summed E-state index contributed by atoms with van der Waals surface area (Å²) in [6.45, 7) is 3.71. The summed E-state index contributed by atoms with van der Waals surface area (Å²) in [4.78, 5) is 37.1. The van der Waals surface area contributed by atoms with Gasteiger partial charge in [-0.1, -0.05) is 36.4 Å². The zero-order chi connectivity index (χ0) is 20.3. The van der Waals surface area contributed by atoms with Gasteiger partial charge in [0, 0.05) is 12.5 Å². The molecule has 0 radical (unpaired) electrons. The number of hydrogen-bond donors (Lipinski definition) is 3. The van der Waals surface area contributed by atoms with Gasteiger partial charge in [0.15, 0.2) is 0 Å². The third kappa shape index (κ3) is 4.06. The third-order valence-corrected chi connectivity index (χ3v) is 4.99. The molecule has 6 heteroatoms. The molecule has 0 atom stereocenters. The van der Waals surface area contributed by atoms with Crippen molar-refractivity contribution in [1.82, 2.24) is 5.32 Å². The first-order chi connectivity index (χ1) is 13.3. The number of carboxylic acid groups (broad SMARTS) is 1. The van der Waals surface area contributed by atoms with Crippen LogP contribution in [-0.2, 0) is 22.4 Å². The molecule has 1 aliphatic rings. The fourth-order valence-corrected chi connectivity index (χ4v) is 3.68. The van der Waals surface area contributed by atoms with Crippen LogP contribution in [0.25, 0.3) is 0 Å². The number of amides is 2. The van der Waals surface area contributed by atoms with Crippen molar-refractivity contribution in [2.75, 3.05) is 5.32 Å². The molecule has 3 rings (SSSR count). The molecule has 1 aliphatic carbocycles. The lowest BCUT2D eigenvalue weighted by molar-refractivity contribution is -0.150. The van der Waals surface area contributed by atoms with E-state index in [0.29, 0.717) is 24.1 Å². The Morgan fingerprint density at radius 3 is 2.14 bits per heavy atom. The minimum absolute atomic E-state index is 0.0384. The smallest absolute Gasteiger partial charge is 0.310 e. The summed E-state index contributed by atoms with van der Waals surface area (Å²) < 4.78 is 0. The number of rotatable bonds is 6. The lowest BCUT2D eigenvalue weighted by Crippen LogP contribution is -2.36. The molecule has 3 N–H and O–H groups in total. The van der Waals surface area contributed by atoms with Gasteiger partial charge >= 0.3 is 5.97 Å². The molecule has 0 spiro atoms. The Morgan fingerprint density at radius 2 is 1.57 bits per heavy atom. The van der Waals surface area contributed by atoms with Crippen molar-refractivity contribution in [2.45, 2.75) is 39.2 Å². The highest BCUT2D eigenvalue weighted by Crippen LogP contribution is 2.40. The summed E-state index contributed by atoms with van der Waals surface area (Å²) in [6.07, 6.45) is 0.486. The summed E-state index contributed by atoms with van der Waals surface area (Å²) >= 11 is 0. The highest BCUT2D eigenvalue weighted by molar-refractivity contribution is 6.04. The van der Waals surface area contributed by atoms with Crippen molar-refractivity contribution < 1.29 is 19.5 Å². The number of carbonyl (C=O) groups excluding carboxylic acids is 2. The van der Waals surface area contributed by atoms with Gasteiger partial charge in [0.2, 0.25) is 5.91 Å². The Labute approximate surface area is 164 Å². The van der Waals surface area contributed by atoms with E-state index in [1.807, 2.05) is 38.1 Å². The van der Waals surface area contributed by atoms with Gasteiger partial charge in [-0.2, -0.15) is 0 Å². The van der Waals surface area contributed by atoms with E-state index >= 15 is 0 Å². The normalized spacial score (nSPS) is 14.4. The predicted octanol–water partition coefficient (Wildman–Crippen LogP) is 3.02. The SMILES string of the molecule is CC(C)NC(=O)c1ccccc1NC(=O)CC1(C(=O)O)Cc2ccccc2C1. The average molecular weight is 380 g/mol. The number of anilines is 1. The molecule has 0 saturated heterocycles. The summed E-state index contributed by atoms with van der Waals surface area (Å²) in [7, 11) is 0. The first kappa shape index (κ1) is 19.6. The molecule has 28 heavy (non-hydrogen) atoms. The molecule has 2 aromatic carbocycles. The van der Waals surface area contributed by atoms with E-state index in [2.05, 4.69) is 10.6 Å². The molecule has 0 unspecified atom stereocenters. The number of carboxylic acids is 1. The molecular formula is C22H24N2O4. The van der Waals surface area contributed by atoms with Crippen LogP contribution in [0.4, 0.5) is 5.69 Å². The third-order valence-electron chi connectivity index (χ3n) is 4.99. The summed E-state index contributed by atoms with van der Waals surface area (Å²) in [5, 5.41) is 15.4. The average Bonchev–Trinajstić information content (AvgIpc) is 3.00. The van der Waals surface area contributed by atoms with E-state index in [-0.39, 0.29) is 18.4 Å². The Kier molecular flexibility index (Phi) is 5.49. The number of carbonyl (C=O) groups is 3. The van der Waals surface area contributed by atoms with Crippen LogP contribution in [0.2, 0.25) is 0 Å². The van der Waals surface area contributed by atoms with Crippen molar-refractivity contribution >= 4 is 23.5 Å². The second kappa shape index (κ2) is 7.84. The maximum atomic E-state index is 12.7. The minimum Gasteiger partial charge on any atom is -0.481 e. The zero-order valence-corrected chi connectivity index (χ0v) is 16.0. The van der Waals surface area contributed by atoms with Gasteiger partial charge in [-0.05, 0) is 49.9 Å². The van der Waals surface area contributed by atoms with E-state index in [1.165, 1.54) is 0 Å². The molecule has 146 valence electrons. The van der Waals surface area contributed by atoms with Gasteiger partial charge < -0.3 is 15.7 Å². The van der Waals surface area contributed by atoms with Crippen molar-refractivity contribution in [1.29, 1.82) is 0 Å². The second-order valence-electron chi connectivity index (χ2n) is 7.61. The molecule has 2 aromatic rings. The van der Waals surface area contributed by atoms with Gasteiger partial charge in [-0.25, -0.2) is 0 Å². The molecule has 0 aromatic heterocycles. The maximum Gasteiger partial charge on any atom is 0.310 e. The molecule has 2 amide bonds. The zero-order valence-electron chi connectivity index (χ0n) is 16.0. The molecule has 0 aliphatic heterocycles. The second-order valence-corrected chi connectivity index (χ2v) is 7.61. The molecule has 6 nitrogen and oxygen atoms in total. The van der Waals surface area contributed by atoms with Gasteiger partial charge in [0.1, 0.15) is 0 Å². The van der Waals surface area contributed by atoms with Crippen molar-refractivity contribution in [3.63, 3.8) is 0 Å². The quantitative estimate of drug-likeness (QED) is 0.718. The standard InChI is InChI=1S/C22H24N2O4/c1-14(2)23-20(26)17-9-5-6-10-18(17)24-19(25)13-22(21(27)28)11-15-7-3-4-8-16(15)12-22/h3-10,14H,11-13H2,1-2H3,(H,23,26)(H,24,25)(H,27,28). The Bertz CT molecular complexity index is 895. The molecular weight excluding hydrogens is 356 g/mol. The Morgan fingerprint density at radius 1 is 1.00 bits per heavy atom. The van der Waals surface area contributed by atoms with E-state index < -0.39 is 17.3 Å². The summed E-state index contributed by atoms with van der Waals surface area (Å²) in [6, 6.07) is 14.2. The highest BCUT2D eigenvalue weighted by atomic mass is 16.4. The largest absolute Gasteiger partial charge is 0.481 e. The number of aliphatic carboxylic acids is 1. The van der Waals surface area contributed by atoms with E-state index in [0.717, 1.165) is 11.1 Å². The molecule has 0 heterocycles. The summed E-state index contributed by atoms with van der Waals surface area (Å²) in [5.41, 5.74) is 1.50. The van der Waals surface area contributed by atoms with E-state index in [9.17, 15) is 19.5 Å². The van der Waals surface area contributed by atoms with Crippen LogP contribution >= 0.6 is 0 Å². The number of hydrogen-bond acceptors (Lipinski definition) is 3. The first-order valence-electron chi connectivity index (χ1n) is 9.31. The lowest BCUT2D eigenvalue weighted by atomic mass is 9.81. The van der Waals surface area contributed by atoms with Crippen molar-refractivity contribution in [2.24, 2.45) is 5.41 Å². The fourth-order valence-electron chi connectivity index (χ4n) is 3.68. The van der Waals surface area contributed by atoms with Crippen molar-refractivity contribution in [3.05, 3.63) is 65.2 Å². The predicted molar refractivity (Wildman–Crippen MR) is 106 cm³/mol. The van der Waals surface area contributed by atoms with Gasteiger partial charge in [-0.15, -0.1) is 0 Å². The minimum atomic E-state index is -1.16. The molecule has 0 fully saturated rings. The number of fused-ring (bicyclic) bond motifs is 1. The van der Waals surface area contributed by atoms with Crippen LogP contribution in [0.1, 0.15) is 41.8 Å². The lowest BCUT2D eigenvalue weighted by Gasteiger charge is -2.23. The van der Waals surface area contributed by atoms with Crippen LogP contribution in [0, 0.1) is 5.41 Å². The van der Waals surface area contributed by atoms with Gasteiger partial charge in [-0.3, -0.25) is 14.4 Å². The van der Waals surface area contributed by atoms with Crippen LogP contribution < -0.4 is 10.6 Å². The number of para-hydroxylation sites is 1. The van der Waals surface area contributed by atoms with Crippen LogP contribution in [0.5, 0.6) is 0 Å². The van der Waals surface area contributed by atoms with Crippen LogP contribution in [0.3, 0.4) is 0 Å². The number of nitrogens with one attached hydrogen (secondary N) is 2. The summed E-state index contributed by atoms with van der Waals surface area (Å²) in [5.74, 6) is -1.68. The van der Waals surface area contributed by atoms with E-state index in [4.69, 9.17) is 0 Å². The van der Waals surface area contributed by atoms with Crippen molar-refractivity contribution in [3.8, 4) is 0 Å². The Balaban J connectivity index is 1.77. The number of benzene rings is 2.